The van der Waals surface area contributed by atoms with Gasteiger partial charge in [0.25, 0.3) is 0 Å². The fourth-order valence-electron chi connectivity index (χ4n) is 2.55. The fourth-order valence-corrected chi connectivity index (χ4v) is 2.55. The van der Waals surface area contributed by atoms with Crippen molar-refractivity contribution in [2.45, 2.75) is 71.4 Å². The Morgan fingerprint density at radius 2 is 1.82 bits per heavy atom. The molecule has 0 unspecified atom stereocenters. The molecule has 2 N–H and O–H groups in total. The Morgan fingerprint density at radius 1 is 1.18 bits per heavy atom. The highest BCUT2D eigenvalue weighted by Gasteiger charge is 2.21. The lowest BCUT2D eigenvalue weighted by Gasteiger charge is -2.28. The monoisotopic (exact) mass is 240 g/mol. The van der Waals surface area contributed by atoms with E-state index in [2.05, 4.69) is 31.4 Å². The number of carbonyl (C=O) groups is 1. The summed E-state index contributed by atoms with van der Waals surface area (Å²) in [4.78, 5) is 11.7. The molecule has 0 aromatic rings. The highest BCUT2D eigenvalue weighted by Crippen LogP contribution is 2.26. The molecule has 1 amide bonds. The average molecular weight is 240 g/mol. The van der Waals surface area contributed by atoms with Gasteiger partial charge in [-0.2, -0.15) is 0 Å². The van der Waals surface area contributed by atoms with Gasteiger partial charge in [-0.25, -0.2) is 0 Å². The molecule has 17 heavy (non-hydrogen) atoms. The molecular formula is C14H28N2O. The first-order chi connectivity index (χ1) is 8.09. The van der Waals surface area contributed by atoms with Crippen LogP contribution in [-0.2, 0) is 4.79 Å². The van der Waals surface area contributed by atoms with Crippen LogP contribution in [0, 0.1) is 5.92 Å². The summed E-state index contributed by atoms with van der Waals surface area (Å²) in [6.45, 7) is 7.13. The second kappa shape index (κ2) is 7.70. The molecule has 1 atom stereocenters. The zero-order valence-corrected chi connectivity index (χ0v) is 11.6. The summed E-state index contributed by atoms with van der Waals surface area (Å²) in [7, 11) is 0. The minimum Gasteiger partial charge on any atom is -0.353 e. The van der Waals surface area contributed by atoms with Gasteiger partial charge in [0.15, 0.2) is 0 Å². The summed E-state index contributed by atoms with van der Waals surface area (Å²) >= 11 is 0. The van der Waals surface area contributed by atoms with Crippen molar-refractivity contribution in [2.24, 2.45) is 5.92 Å². The van der Waals surface area contributed by atoms with Crippen LogP contribution in [0.3, 0.4) is 0 Å². The number of rotatable bonds is 6. The lowest BCUT2D eigenvalue weighted by Crippen LogP contribution is -2.40. The zero-order chi connectivity index (χ0) is 12.7. The van der Waals surface area contributed by atoms with Gasteiger partial charge in [-0.15, -0.1) is 0 Å². The first-order valence-corrected chi connectivity index (χ1v) is 7.12. The normalized spacial score (nSPS) is 19.3. The molecule has 0 heterocycles. The first-order valence-electron chi connectivity index (χ1n) is 7.12. The molecule has 0 radical (unpaired) electrons. The van der Waals surface area contributed by atoms with E-state index < -0.39 is 0 Å². The Hall–Kier alpha value is -0.570. The van der Waals surface area contributed by atoms with E-state index in [1.54, 1.807) is 0 Å². The number of hydrogen-bond donors (Lipinski definition) is 2. The van der Waals surface area contributed by atoms with Crippen LogP contribution in [0.1, 0.15) is 59.3 Å². The Bertz CT molecular complexity index is 222. The molecule has 0 aromatic carbocycles. The minimum absolute atomic E-state index is 0.191. The molecule has 0 aliphatic heterocycles. The summed E-state index contributed by atoms with van der Waals surface area (Å²) in [5.41, 5.74) is 0. The molecule has 100 valence electrons. The molecule has 0 bridgehead atoms. The lowest BCUT2D eigenvalue weighted by atomic mass is 9.84. The van der Waals surface area contributed by atoms with Crippen LogP contribution in [0.5, 0.6) is 0 Å². The van der Waals surface area contributed by atoms with E-state index in [4.69, 9.17) is 0 Å². The second-order valence-electron chi connectivity index (χ2n) is 5.61. The van der Waals surface area contributed by atoms with Crippen molar-refractivity contribution in [3.63, 3.8) is 0 Å². The van der Waals surface area contributed by atoms with E-state index in [-0.39, 0.29) is 5.91 Å². The molecule has 0 aromatic heterocycles. The van der Waals surface area contributed by atoms with Crippen LogP contribution in [0.15, 0.2) is 0 Å². The fraction of sp³-hybridized carbons (Fsp3) is 0.929. The molecule has 1 aliphatic carbocycles. The van der Waals surface area contributed by atoms with E-state index >= 15 is 0 Å². The average Bonchev–Trinajstić information content (AvgIpc) is 2.29. The summed E-state index contributed by atoms with van der Waals surface area (Å²) in [5.74, 6) is 0.891. The van der Waals surface area contributed by atoms with Gasteiger partial charge < -0.3 is 10.6 Å². The van der Waals surface area contributed by atoms with Gasteiger partial charge in [0, 0.05) is 25.0 Å². The molecule has 1 rings (SSSR count). The highest BCUT2D eigenvalue weighted by molar-refractivity contribution is 5.76. The van der Waals surface area contributed by atoms with Crippen LogP contribution in [0.25, 0.3) is 0 Å². The van der Waals surface area contributed by atoms with Crippen molar-refractivity contribution in [1.29, 1.82) is 0 Å². The largest absolute Gasteiger partial charge is 0.353 e. The van der Waals surface area contributed by atoms with Gasteiger partial charge in [-0.1, -0.05) is 33.1 Å². The quantitative estimate of drug-likeness (QED) is 0.749. The zero-order valence-electron chi connectivity index (χ0n) is 11.6. The maximum Gasteiger partial charge on any atom is 0.221 e. The SMILES string of the molecule is CC(C)NCCC(=O)N[C@H](C)C1CCCCC1. The van der Waals surface area contributed by atoms with Crippen LogP contribution >= 0.6 is 0 Å². The maximum atomic E-state index is 11.7. The summed E-state index contributed by atoms with van der Waals surface area (Å²) in [6, 6.07) is 0.806. The van der Waals surface area contributed by atoms with Gasteiger partial charge >= 0.3 is 0 Å². The molecular weight excluding hydrogens is 212 g/mol. The van der Waals surface area contributed by atoms with Crippen molar-refractivity contribution in [3.8, 4) is 0 Å². The Morgan fingerprint density at radius 3 is 2.41 bits per heavy atom. The van der Waals surface area contributed by atoms with Crippen molar-refractivity contribution in [3.05, 3.63) is 0 Å². The van der Waals surface area contributed by atoms with Crippen LogP contribution < -0.4 is 10.6 Å². The van der Waals surface area contributed by atoms with Crippen molar-refractivity contribution in [1.82, 2.24) is 10.6 Å². The molecule has 3 nitrogen and oxygen atoms in total. The number of amides is 1. The van der Waals surface area contributed by atoms with E-state index in [0.717, 1.165) is 6.54 Å². The van der Waals surface area contributed by atoms with Crippen molar-refractivity contribution < 1.29 is 4.79 Å². The number of carbonyl (C=O) groups excluding carboxylic acids is 1. The van der Waals surface area contributed by atoms with Gasteiger partial charge in [-0.05, 0) is 25.7 Å². The van der Waals surface area contributed by atoms with Crippen molar-refractivity contribution in [2.75, 3.05) is 6.54 Å². The predicted octanol–water partition coefficient (Wildman–Crippen LogP) is 2.46. The molecule has 1 fully saturated rings. The van der Waals surface area contributed by atoms with Gasteiger partial charge in [-0.3, -0.25) is 4.79 Å². The van der Waals surface area contributed by atoms with Crippen LogP contribution in [-0.4, -0.2) is 24.5 Å². The van der Waals surface area contributed by atoms with Crippen molar-refractivity contribution >= 4 is 5.91 Å². The third-order valence-corrected chi connectivity index (χ3v) is 3.65. The Labute approximate surface area is 106 Å². The van der Waals surface area contributed by atoms with Gasteiger partial charge in [0.1, 0.15) is 0 Å². The van der Waals surface area contributed by atoms with E-state index in [1.165, 1.54) is 32.1 Å². The third kappa shape index (κ3) is 6.06. The van der Waals surface area contributed by atoms with E-state index in [1.807, 2.05) is 0 Å². The molecule has 0 saturated heterocycles. The van der Waals surface area contributed by atoms with Gasteiger partial charge in [0.05, 0.1) is 0 Å². The maximum absolute atomic E-state index is 11.7. The smallest absolute Gasteiger partial charge is 0.221 e. The molecule has 1 aliphatic rings. The Kier molecular flexibility index (Phi) is 6.56. The lowest BCUT2D eigenvalue weighted by molar-refractivity contribution is -0.122. The standard InChI is InChI=1S/C14H28N2O/c1-11(2)15-10-9-14(17)16-12(3)13-7-5-4-6-8-13/h11-13,15H,4-10H2,1-3H3,(H,16,17)/t12-/m1/s1. The topological polar surface area (TPSA) is 41.1 Å². The molecule has 3 heteroatoms. The predicted molar refractivity (Wildman–Crippen MR) is 71.9 cm³/mol. The van der Waals surface area contributed by atoms with Gasteiger partial charge in [0.2, 0.25) is 5.91 Å². The summed E-state index contributed by atoms with van der Waals surface area (Å²) < 4.78 is 0. The van der Waals surface area contributed by atoms with E-state index in [0.29, 0.717) is 24.4 Å². The highest BCUT2D eigenvalue weighted by atomic mass is 16.1. The first kappa shape index (κ1) is 14.5. The summed E-state index contributed by atoms with van der Waals surface area (Å²) in [5, 5.41) is 6.41. The van der Waals surface area contributed by atoms with Crippen LogP contribution in [0.4, 0.5) is 0 Å². The number of nitrogens with one attached hydrogen (secondary N) is 2. The van der Waals surface area contributed by atoms with E-state index in [9.17, 15) is 4.79 Å². The minimum atomic E-state index is 0.191. The van der Waals surface area contributed by atoms with Crippen LogP contribution in [0.2, 0.25) is 0 Å². The third-order valence-electron chi connectivity index (χ3n) is 3.65. The summed E-state index contributed by atoms with van der Waals surface area (Å²) in [6.07, 6.45) is 7.20. The Balaban J connectivity index is 2.15. The molecule has 0 spiro atoms. The second-order valence-corrected chi connectivity index (χ2v) is 5.61. The molecule has 1 saturated carbocycles. The number of hydrogen-bond acceptors (Lipinski definition) is 2.